The number of hydrogen-bond donors (Lipinski definition) is 4. The van der Waals surface area contributed by atoms with E-state index in [1.165, 1.54) is 64.2 Å². The number of carbonyl (C=O) groups excluding carboxylic acids is 2. The van der Waals surface area contributed by atoms with E-state index in [1.54, 1.807) is 0 Å². The predicted molar refractivity (Wildman–Crippen MR) is 210 cm³/mol. The highest BCUT2D eigenvalue weighted by Crippen LogP contribution is 2.22. The van der Waals surface area contributed by atoms with Crippen LogP contribution in [0.5, 0.6) is 0 Å². The molecule has 306 valence electrons. The number of carbonyl (C=O) groups is 2. The lowest BCUT2D eigenvalue weighted by molar-refractivity contribution is -0.305. The van der Waals surface area contributed by atoms with E-state index in [4.69, 9.17) is 18.9 Å². The standard InChI is InChI=1S/C43H74O10/c1-3-5-7-9-11-13-15-17-18-20-22-24-26-28-30-32-39(46)52-36(35-51-43-42(49)41(48)40(47)37(33-44)53-43)34-50-38(45)31-29-27-25-23-21-19-16-14-12-10-8-6-4-2/h5,7,11,13,17-18,22,24,36-37,40-44,47-49H,3-4,6,8-10,12,14-16,19-21,23,25-35H2,1-2H3/b7-5+,13-11+,18-17+,24-22+/t36-,37-,40+,41?,42?,43-/m1/s1. The molecule has 0 amide bonds. The fourth-order valence-electron chi connectivity index (χ4n) is 5.94. The maximum Gasteiger partial charge on any atom is 0.306 e. The minimum Gasteiger partial charge on any atom is -0.462 e. The Labute approximate surface area is 320 Å². The zero-order valence-corrected chi connectivity index (χ0v) is 33.0. The molecule has 1 aliphatic heterocycles. The van der Waals surface area contributed by atoms with Crippen LogP contribution < -0.4 is 0 Å². The molecule has 0 saturated carbocycles. The van der Waals surface area contributed by atoms with E-state index < -0.39 is 49.4 Å². The van der Waals surface area contributed by atoms with E-state index in [9.17, 15) is 30.0 Å². The summed E-state index contributed by atoms with van der Waals surface area (Å²) in [4.78, 5) is 25.2. The van der Waals surface area contributed by atoms with Crippen molar-refractivity contribution in [2.24, 2.45) is 0 Å². The summed E-state index contributed by atoms with van der Waals surface area (Å²) >= 11 is 0. The summed E-state index contributed by atoms with van der Waals surface area (Å²) in [5, 5.41) is 40.0. The van der Waals surface area contributed by atoms with Gasteiger partial charge in [-0.15, -0.1) is 0 Å². The van der Waals surface area contributed by atoms with Gasteiger partial charge >= 0.3 is 11.9 Å². The van der Waals surface area contributed by atoms with Crippen LogP contribution in [-0.2, 0) is 28.5 Å². The first-order valence-corrected chi connectivity index (χ1v) is 20.7. The van der Waals surface area contributed by atoms with E-state index in [1.807, 2.05) is 0 Å². The van der Waals surface area contributed by atoms with Gasteiger partial charge in [-0.2, -0.15) is 0 Å². The number of unbranched alkanes of at least 4 members (excludes halogenated alkanes) is 14. The predicted octanol–water partition coefficient (Wildman–Crippen LogP) is 8.10. The minimum absolute atomic E-state index is 0.178. The third-order valence-corrected chi connectivity index (χ3v) is 9.23. The Morgan fingerprint density at radius 3 is 1.68 bits per heavy atom. The van der Waals surface area contributed by atoms with Crippen LogP contribution >= 0.6 is 0 Å². The fourth-order valence-corrected chi connectivity index (χ4v) is 5.94. The highest BCUT2D eigenvalue weighted by Gasteiger charge is 2.44. The lowest BCUT2D eigenvalue weighted by Crippen LogP contribution is -2.59. The molecule has 10 heteroatoms. The molecule has 10 nitrogen and oxygen atoms in total. The summed E-state index contributed by atoms with van der Waals surface area (Å²) in [5.41, 5.74) is 0. The molecule has 0 aromatic rings. The molecule has 53 heavy (non-hydrogen) atoms. The van der Waals surface area contributed by atoms with Crippen LogP contribution in [0.3, 0.4) is 0 Å². The van der Waals surface area contributed by atoms with Crippen molar-refractivity contribution in [2.75, 3.05) is 19.8 Å². The summed E-state index contributed by atoms with van der Waals surface area (Å²) in [5.74, 6) is -0.856. The molecule has 6 atom stereocenters. The Morgan fingerprint density at radius 1 is 0.604 bits per heavy atom. The molecule has 4 N–H and O–H groups in total. The van der Waals surface area contributed by atoms with E-state index >= 15 is 0 Å². The van der Waals surface area contributed by atoms with Crippen molar-refractivity contribution in [1.29, 1.82) is 0 Å². The lowest BCUT2D eigenvalue weighted by atomic mass is 9.99. The zero-order chi connectivity index (χ0) is 38.8. The monoisotopic (exact) mass is 751 g/mol. The number of ether oxygens (including phenoxy) is 4. The lowest BCUT2D eigenvalue weighted by Gasteiger charge is -2.39. The van der Waals surface area contributed by atoms with Crippen molar-refractivity contribution in [3.8, 4) is 0 Å². The van der Waals surface area contributed by atoms with Crippen molar-refractivity contribution in [2.45, 2.75) is 192 Å². The quantitative estimate of drug-likeness (QED) is 0.0294. The summed E-state index contributed by atoms with van der Waals surface area (Å²) in [7, 11) is 0. The van der Waals surface area contributed by atoms with Gasteiger partial charge in [-0.05, 0) is 51.4 Å². The summed E-state index contributed by atoms with van der Waals surface area (Å²) in [6.45, 7) is 3.25. The van der Waals surface area contributed by atoms with E-state index in [-0.39, 0.29) is 32.0 Å². The van der Waals surface area contributed by atoms with E-state index in [2.05, 4.69) is 62.5 Å². The van der Waals surface area contributed by atoms with Gasteiger partial charge in [-0.3, -0.25) is 9.59 Å². The van der Waals surface area contributed by atoms with Gasteiger partial charge < -0.3 is 39.4 Å². The van der Waals surface area contributed by atoms with Gasteiger partial charge in [0.1, 0.15) is 31.0 Å². The minimum atomic E-state index is -1.60. The maximum atomic E-state index is 12.7. The zero-order valence-electron chi connectivity index (χ0n) is 33.0. The summed E-state index contributed by atoms with van der Waals surface area (Å²) < 4.78 is 22.1. The molecule has 0 aromatic carbocycles. The van der Waals surface area contributed by atoms with Gasteiger partial charge in [-0.25, -0.2) is 0 Å². The van der Waals surface area contributed by atoms with Gasteiger partial charge in [0, 0.05) is 12.8 Å². The normalized spacial score (nSPS) is 21.4. The smallest absolute Gasteiger partial charge is 0.306 e. The maximum absolute atomic E-state index is 12.7. The highest BCUT2D eigenvalue weighted by molar-refractivity contribution is 5.70. The Hall–Kier alpha value is -2.34. The molecule has 1 saturated heterocycles. The third kappa shape index (κ3) is 26.2. The summed E-state index contributed by atoms with van der Waals surface area (Å²) in [6.07, 6.45) is 31.2. The first-order valence-electron chi connectivity index (χ1n) is 20.7. The average Bonchev–Trinajstić information content (AvgIpc) is 3.15. The van der Waals surface area contributed by atoms with Crippen LogP contribution in [-0.4, -0.2) is 89.0 Å². The van der Waals surface area contributed by atoms with Gasteiger partial charge in [0.2, 0.25) is 0 Å². The van der Waals surface area contributed by atoms with Crippen LogP contribution in [0.2, 0.25) is 0 Å². The van der Waals surface area contributed by atoms with Gasteiger partial charge in [0.05, 0.1) is 13.2 Å². The second kappa shape index (κ2) is 34.2. The molecule has 1 fully saturated rings. The number of allylic oxidation sites excluding steroid dienone is 8. The molecule has 0 aliphatic carbocycles. The van der Waals surface area contributed by atoms with Gasteiger partial charge in [0.25, 0.3) is 0 Å². The topological polar surface area (TPSA) is 152 Å². The number of aliphatic hydroxyl groups excluding tert-OH is 4. The highest BCUT2D eigenvalue weighted by atomic mass is 16.7. The van der Waals surface area contributed by atoms with Crippen molar-refractivity contribution in [3.63, 3.8) is 0 Å². The van der Waals surface area contributed by atoms with Crippen molar-refractivity contribution < 1.29 is 49.0 Å². The molecule has 0 radical (unpaired) electrons. The molecular formula is C43H74O10. The van der Waals surface area contributed by atoms with E-state index in [0.717, 1.165) is 57.8 Å². The Kier molecular flexibility index (Phi) is 31.4. The van der Waals surface area contributed by atoms with Crippen molar-refractivity contribution in [3.05, 3.63) is 48.6 Å². The summed E-state index contributed by atoms with van der Waals surface area (Å²) in [6, 6.07) is 0. The van der Waals surface area contributed by atoms with Gasteiger partial charge in [0.15, 0.2) is 12.4 Å². The number of rotatable bonds is 33. The largest absolute Gasteiger partial charge is 0.462 e. The molecule has 0 spiro atoms. The molecule has 0 bridgehead atoms. The molecular weight excluding hydrogens is 676 g/mol. The third-order valence-electron chi connectivity index (χ3n) is 9.23. The Bertz CT molecular complexity index is 1010. The second-order valence-electron chi connectivity index (χ2n) is 14.1. The van der Waals surface area contributed by atoms with Gasteiger partial charge in [-0.1, -0.05) is 140 Å². The number of hydrogen-bond acceptors (Lipinski definition) is 10. The van der Waals surface area contributed by atoms with E-state index in [0.29, 0.717) is 6.42 Å². The van der Waals surface area contributed by atoms with Crippen LogP contribution in [0.4, 0.5) is 0 Å². The molecule has 0 aromatic heterocycles. The van der Waals surface area contributed by atoms with Crippen molar-refractivity contribution in [1.82, 2.24) is 0 Å². The van der Waals surface area contributed by atoms with Crippen molar-refractivity contribution >= 4 is 11.9 Å². The number of esters is 2. The number of aliphatic hydroxyl groups is 4. The first-order chi connectivity index (χ1) is 25.8. The Balaban J connectivity index is 2.41. The molecule has 2 unspecified atom stereocenters. The molecule has 1 aliphatic rings. The second-order valence-corrected chi connectivity index (χ2v) is 14.1. The van der Waals surface area contributed by atoms with Crippen LogP contribution in [0.25, 0.3) is 0 Å². The van der Waals surface area contributed by atoms with Crippen LogP contribution in [0.15, 0.2) is 48.6 Å². The molecule has 1 rings (SSSR count). The SMILES string of the molecule is CC/C=C/C/C=C/C/C=C/C/C=C/CCCCC(=O)O[C@H](COC(=O)CCCCCCCCCCCCCCC)CO[C@@H]1O[C@H](CO)[C@H](O)C(O)C1O. The molecule has 1 heterocycles. The fraction of sp³-hybridized carbons (Fsp3) is 0.767. The van der Waals surface area contributed by atoms with Crippen LogP contribution in [0.1, 0.15) is 155 Å². The first kappa shape index (κ1) is 48.7. The Morgan fingerprint density at radius 2 is 1.11 bits per heavy atom. The average molecular weight is 751 g/mol. The van der Waals surface area contributed by atoms with Crippen LogP contribution in [0, 0.1) is 0 Å².